The maximum atomic E-state index is 12.3. The van der Waals surface area contributed by atoms with Crippen molar-refractivity contribution in [3.05, 3.63) is 17.3 Å². The number of hydrogen-bond acceptors (Lipinski definition) is 3. The first-order chi connectivity index (χ1) is 8.59. The van der Waals surface area contributed by atoms with E-state index in [9.17, 15) is 4.79 Å². The molecule has 0 bridgehead atoms. The third-order valence-electron chi connectivity index (χ3n) is 3.90. The van der Waals surface area contributed by atoms with Gasteiger partial charge in [0.25, 0.3) is 0 Å². The zero-order valence-corrected chi connectivity index (χ0v) is 11.0. The molecule has 1 amide bonds. The Balaban J connectivity index is 1.97. The number of pyridine rings is 1. The molecule has 5 heteroatoms. The molecule has 3 rings (SSSR count). The molecule has 0 saturated heterocycles. The smallest absolute Gasteiger partial charge is 0.250 e. The Morgan fingerprint density at radius 2 is 2.33 bits per heavy atom. The molecule has 1 aromatic heterocycles. The van der Waals surface area contributed by atoms with Crippen LogP contribution in [0.25, 0.3) is 0 Å². The molecule has 2 atom stereocenters. The molecule has 96 valence electrons. The SMILES string of the molecule is CC1CCCC2(C1)Nc1nc(Cl)ccc1NC2=O. The molecule has 0 aromatic carbocycles. The van der Waals surface area contributed by atoms with Crippen LogP contribution >= 0.6 is 11.6 Å². The highest BCUT2D eigenvalue weighted by Crippen LogP contribution is 2.40. The van der Waals surface area contributed by atoms with Crippen LogP contribution in [0.15, 0.2) is 12.1 Å². The van der Waals surface area contributed by atoms with Gasteiger partial charge in [0.1, 0.15) is 10.7 Å². The van der Waals surface area contributed by atoms with Gasteiger partial charge in [-0.15, -0.1) is 0 Å². The maximum Gasteiger partial charge on any atom is 0.250 e. The number of hydrogen-bond donors (Lipinski definition) is 2. The molecule has 4 nitrogen and oxygen atoms in total. The minimum atomic E-state index is -0.498. The number of halogens is 1. The van der Waals surface area contributed by atoms with Gasteiger partial charge in [-0.3, -0.25) is 4.79 Å². The number of anilines is 2. The van der Waals surface area contributed by atoms with Crippen LogP contribution in [-0.2, 0) is 4.79 Å². The van der Waals surface area contributed by atoms with Crippen LogP contribution in [0.5, 0.6) is 0 Å². The maximum absolute atomic E-state index is 12.3. The van der Waals surface area contributed by atoms with Crippen LogP contribution in [-0.4, -0.2) is 16.4 Å². The molecular weight excluding hydrogens is 250 g/mol. The van der Waals surface area contributed by atoms with Gasteiger partial charge in [0.2, 0.25) is 5.91 Å². The molecule has 1 saturated carbocycles. The Morgan fingerprint density at radius 3 is 3.11 bits per heavy atom. The Morgan fingerprint density at radius 1 is 1.50 bits per heavy atom. The van der Waals surface area contributed by atoms with Gasteiger partial charge in [0.15, 0.2) is 5.82 Å². The molecule has 2 aliphatic rings. The standard InChI is InChI=1S/C13H16ClN3O/c1-8-3-2-6-13(7-8)12(18)15-9-4-5-10(14)16-11(9)17-13/h4-5,8H,2-3,6-7H2,1H3,(H,15,18)(H,16,17). The molecule has 1 aliphatic heterocycles. The molecule has 1 aromatic rings. The normalized spacial score (nSPS) is 30.6. The number of nitrogens with one attached hydrogen (secondary N) is 2. The topological polar surface area (TPSA) is 54.0 Å². The average molecular weight is 266 g/mol. The number of aromatic nitrogens is 1. The lowest BCUT2D eigenvalue weighted by atomic mass is 9.75. The van der Waals surface area contributed by atoms with Crippen LogP contribution in [0, 0.1) is 5.92 Å². The zero-order chi connectivity index (χ0) is 12.8. The monoisotopic (exact) mass is 265 g/mol. The summed E-state index contributed by atoms with van der Waals surface area (Å²) in [5, 5.41) is 6.71. The first-order valence-corrected chi connectivity index (χ1v) is 6.73. The summed E-state index contributed by atoms with van der Waals surface area (Å²) < 4.78 is 0. The van der Waals surface area contributed by atoms with E-state index in [1.54, 1.807) is 12.1 Å². The van der Waals surface area contributed by atoms with Crippen molar-refractivity contribution >= 4 is 29.0 Å². The summed E-state index contributed by atoms with van der Waals surface area (Å²) in [6.07, 6.45) is 3.97. The third kappa shape index (κ3) is 1.85. The van der Waals surface area contributed by atoms with Crippen LogP contribution in [0.4, 0.5) is 11.5 Å². The number of rotatable bonds is 0. The fourth-order valence-corrected chi connectivity index (χ4v) is 3.18. The van der Waals surface area contributed by atoms with Crippen LogP contribution in [0.1, 0.15) is 32.6 Å². The lowest BCUT2D eigenvalue weighted by Crippen LogP contribution is -2.55. The van der Waals surface area contributed by atoms with E-state index in [-0.39, 0.29) is 5.91 Å². The van der Waals surface area contributed by atoms with Gasteiger partial charge in [-0.1, -0.05) is 31.4 Å². The predicted molar refractivity (Wildman–Crippen MR) is 71.9 cm³/mol. The van der Waals surface area contributed by atoms with Gasteiger partial charge in [-0.25, -0.2) is 4.98 Å². The highest BCUT2D eigenvalue weighted by Gasteiger charge is 2.45. The Kier molecular flexibility index (Phi) is 2.70. The van der Waals surface area contributed by atoms with E-state index in [1.165, 1.54) is 6.42 Å². The van der Waals surface area contributed by atoms with Crippen molar-refractivity contribution in [2.75, 3.05) is 10.6 Å². The summed E-state index contributed by atoms with van der Waals surface area (Å²) in [4.78, 5) is 16.6. The third-order valence-corrected chi connectivity index (χ3v) is 4.11. The summed E-state index contributed by atoms with van der Waals surface area (Å²) >= 11 is 5.91. The van der Waals surface area contributed by atoms with Gasteiger partial charge in [-0.2, -0.15) is 0 Å². The van der Waals surface area contributed by atoms with Crippen molar-refractivity contribution in [2.45, 2.75) is 38.1 Å². The molecule has 2 N–H and O–H groups in total. The molecule has 0 radical (unpaired) electrons. The van der Waals surface area contributed by atoms with Crippen molar-refractivity contribution in [3.63, 3.8) is 0 Å². The van der Waals surface area contributed by atoms with E-state index >= 15 is 0 Å². The van der Waals surface area contributed by atoms with Crippen molar-refractivity contribution in [1.82, 2.24) is 4.98 Å². The second-order valence-electron chi connectivity index (χ2n) is 5.39. The highest BCUT2D eigenvalue weighted by atomic mass is 35.5. The van der Waals surface area contributed by atoms with Crippen molar-refractivity contribution in [1.29, 1.82) is 0 Å². The lowest BCUT2D eigenvalue weighted by Gasteiger charge is -2.42. The zero-order valence-electron chi connectivity index (χ0n) is 10.3. The van der Waals surface area contributed by atoms with Gasteiger partial charge >= 0.3 is 0 Å². The van der Waals surface area contributed by atoms with Gasteiger partial charge in [0.05, 0.1) is 5.69 Å². The van der Waals surface area contributed by atoms with Gasteiger partial charge < -0.3 is 10.6 Å². The fourth-order valence-electron chi connectivity index (χ4n) is 3.03. The first-order valence-electron chi connectivity index (χ1n) is 6.35. The molecular formula is C13H16ClN3O. The van der Waals surface area contributed by atoms with E-state index < -0.39 is 5.54 Å². The fraction of sp³-hybridized carbons (Fsp3) is 0.538. The molecule has 1 aliphatic carbocycles. The Hall–Kier alpha value is -1.29. The molecule has 1 spiro atoms. The molecule has 2 heterocycles. The molecule has 2 unspecified atom stereocenters. The van der Waals surface area contributed by atoms with Crippen LogP contribution < -0.4 is 10.6 Å². The number of fused-ring (bicyclic) bond motifs is 1. The van der Waals surface area contributed by atoms with Gasteiger partial charge in [-0.05, 0) is 30.9 Å². The predicted octanol–water partition coefficient (Wildman–Crippen LogP) is 3.05. The van der Waals surface area contributed by atoms with E-state index in [1.807, 2.05) is 0 Å². The number of carbonyl (C=O) groups is 1. The van der Waals surface area contributed by atoms with Crippen molar-refractivity contribution in [3.8, 4) is 0 Å². The number of amides is 1. The number of nitrogens with zero attached hydrogens (tertiary/aromatic N) is 1. The van der Waals surface area contributed by atoms with Crippen LogP contribution in [0.3, 0.4) is 0 Å². The second-order valence-corrected chi connectivity index (χ2v) is 5.78. The summed E-state index contributed by atoms with van der Waals surface area (Å²) in [5.41, 5.74) is 0.218. The van der Waals surface area contributed by atoms with Gasteiger partial charge in [0, 0.05) is 0 Å². The number of carbonyl (C=O) groups excluding carboxylic acids is 1. The largest absolute Gasteiger partial charge is 0.354 e. The van der Waals surface area contributed by atoms with Crippen molar-refractivity contribution < 1.29 is 4.79 Å². The van der Waals surface area contributed by atoms with E-state index in [0.717, 1.165) is 19.3 Å². The van der Waals surface area contributed by atoms with E-state index in [0.29, 0.717) is 22.6 Å². The van der Waals surface area contributed by atoms with E-state index in [2.05, 4.69) is 22.5 Å². The minimum absolute atomic E-state index is 0.0608. The quantitative estimate of drug-likeness (QED) is 0.709. The molecule has 18 heavy (non-hydrogen) atoms. The highest BCUT2D eigenvalue weighted by molar-refractivity contribution is 6.29. The minimum Gasteiger partial charge on any atom is -0.354 e. The summed E-state index contributed by atoms with van der Waals surface area (Å²) in [7, 11) is 0. The van der Waals surface area contributed by atoms with Crippen molar-refractivity contribution in [2.24, 2.45) is 5.92 Å². The Labute approximate surface area is 111 Å². The summed E-state index contributed by atoms with van der Waals surface area (Å²) in [6, 6.07) is 3.47. The molecule has 1 fully saturated rings. The first kappa shape index (κ1) is 11.8. The lowest BCUT2D eigenvalue weighted by molar-refractivity contribution is -0.122. The summed E-state index contributed by atoms with van der Waals surface area (Å²) in [6.45, 7) is 2.19. The Bertz CT molecular complexity index is 505. The average Bonchev–Trinajstić information content (AvgIpc) is 2.31. The second kappa shape index (κ2) is 4.12. The van der Waals surface area contributed by atoms with Crippen LogP contribution in [0.2, 0.25) is 5.15 Å². The van der Waals surface area contributed by atoms with E-state index in [4.69, 9.17) is 11.6 Å². The summed E-state index contributed by atoms with van der Waals surface area (Å²) in [5.74, 6) is 1.31.